The first kappa shape index (κ1) is 18.1. The first-order valence-electron chi connectivity index (χ1n) is 10.1. The highest BCUT2D eigenvalue weighted by molar-refractivity contribution is 6.02. The first-order chi connectivity index (χ1) is 14.1. The molecule has 0 unspecified atom stereocenters. The number of carbonyl (C=O) groups excluding carboxylic acids is 2. The van der Waals surface area contributed by atoms with E-state index >= 15 is 0 Å². The lowest BCUT2D eigenvalue weighted by atomic mass is 9.77. The molecule has 0 saturated carbocycles. The molecule has 1 spiro atoms. The minimum Gasteiger partial charge on any atom is -0.460 e. The molecule has 3 aliphatic rings. The highest BCUT2D eigenvalue weighted by atomic mass is 16.6. The van der Waals surface area contributed by atoms with Crippen LogP contribution in [0.3, 0.4) is 0 Å². The maximum absolute atomic E-state index is 13.3. The van der Waals surface area contributed by atoms with E-state index < -0.39 is 23.5 Å². The number of aryl methyl sites for hydroxylation is 1. The van der Waals surface area contributed by atoms with Gasteiger partial charge in [0.2, 0.25) is 5.91 Å². The molecule has 2 bridgehead atoms. The fourth-order valence-electron chi connectivity index (χ4n) is 4.72. The van der Waals surface area contributed by atoms with Crippen molar-refractivity contribution in [1.29, 1.82) is 0 Å². The standard InChI is InChI=1S/C24H23NO4/c1-2-16-8-10-18(11-9-16)25-15-24-13-12-19(29-24)20(21(24)22(25)26)23(27)28-14-17-6-4-3-5-7-17/h3-13,19-21H,2,14-15H2,1H3/t19-,20+,21+,24+/m0/s1. The van der Waals surface area contributed by atoms with Crippen LogP contribution in [0, 0.1) is 11.8 Å². The second-order valence-corrected chi connectivity index (χ2v) is 7.94. The lowest BCUT2D eigenvalue weighted by Crippen LogP contribution is -2.40. The zero-order chi connectivity index (χ0) is 20.0. The number of nitrogens with zero attached hydrogens (tertiary/aromatic N) is 1. The van der Waals surface area contributed by atoms with E-state index in [9.17, 15) is 9.59 Å². The summed E-state index contributed by atoms with van der Waals surface area (Å²) in [6, 6.07) is 17.6. The van der Waals surface area contributed by atoms with Gasteiger partial charge in [-0.1, -0.05) is 61.5 Å². The number of hydrogen-bond acceptors (Lipinski definition) is 4. The number of ether oxygens (including phenoxy) is 2. The Labute approximate surface area is 169 Å². The van der Waals surface area contributed by atoms with E-state index in [0.29, 0.717) is 6.54 Å². The van der Waals surface area contributed by atoms with Gasteiger partial charge in [0.1, 0.15) is 18.1 Å². The average Bonchev–Trinajstić information content (AvgIpc) is 3.41. The molecular formula is C24H23NO4. The van der Waals surface area contributed by atoms with E-state index in [1.165, 1.54) is 5.56 Å². The molecule has 29 heavy (non-hydrogen) atoms. The van der Waals surface area contributed by atoms with Gasteiger partial charge >= 0.3 is 5.97 Å². The summed E-state index contributed by atoms with van der Waals surface area (Å²) in [4.78, 5) is 28.0. The number of benzene rings is 2. The lowest BCUT2D eigenvalue weighted by Gasteiger charge is -2.22. The van der Waals surface area contributed by atoms with Crippen molar-refractivity contribution in [2.24, 2.45) is 11.8 Å². The van der Waals surface area contributed by atoms with Crippen LogP contribution in [0.25, 0.3) is 0 Å². The predicted molar refractivity (Wildman–Crippen MR) is 108 cm³/mol. The van der Waals surface area contributed by atoms with Crippen LogP contribution in [0.15, 0.2) is 66.7 Å². The maximum Gasteiger partial charge on any atom is 0.313 e. The molecule has 0 N–H and O–H groups in total. The third-order valence-electron chi connectivity index (χ3n) is 6.25. The first-order valence-corrected chi connectivity index (χ1v) is 10.1. The number of esters is 1. The van der Waals surface area contributed by atoms with E-state index in [4.69, 9.17) is 9.47 Å². The van der Waals surface area contributed by atoms with Gasteiger partial charge in [0.25, 0.3) is 0 Å². The third kappa shape index (κ3) is 2.88. The van der Waals surface area contributed by atoms with Gasteiger partial charge in [-0.3, -0.25) is 9.59 Å². The van der Waals surface area contributed by atoms with Crippen LogP contribution in [-0.4, -0.2) is 30.1 Å². The molecule has 2 aromatic rings. The smallest absolute Gasteiger partial charge is 0.313 e. The Morgan fingerprint density at radius 1 is 1.14 bits per heavy atom. The summed E-state index contributed by atoms with van der Waals surface area (Å²) in [6.45, 7) is 2.72. The Morgan fingerprint density at radius 2 is 1.90 bits per heavy atom. The molecule has 148 valence electrons. The minimum atomic E-state index is -0.735. The fourth-order valence-corrected chi connectivity index (χ4v) is 4.72. The highest BCUT2D eigenvalue weighted by Gasteiger charge is 2.67. The van der Waals surface area contributed by atoms with Gasteiger partial charge in [0.15, 0.2) is 0 Å². The monoisotopic (exact) mass is 389 g/mol. The van der Waals surface area contributed by atoms with E-state index in [1.54, 1.807) is 4.90 Å². The summed E-state index contributed by atoms with van der Waals surface area (Å²) >= 11 is 0. The van der Waals surface area contributed by atoms with E-state index in [2.05, 4.69) is 6.92 Å². The molecule has 1 amide bonds. The number of amides is 1. The summed E-state index contributed by atoms with van der Waals surface area (Å²) in [6.07, 6.45) is 4.42. The number of rotatable bonds is 5. The molecule has 2 aromatic carbocycles. The summed E-state index contributed by atoms with van der Waals surface area (Å²) in [5, 5.41) is 0. The molecule has 5 rings (SSSR count). The molecule has 0 radical (unpaired) electrons. The van der Waals surface area contributed by atoms with Gasteiger partial charge in [0, 0.05) is 5.69 Å². The van der Waals surface area contributed by atoms with Crippen LogP contribution in [-0.2, 0) is 32.1 Å². The van der Waals surface area contributed by atoms with E-state index in [0.717, 1.165) is 17.7 Å². The molecule has 5 heteroatoms. The van der Waals surface area contributed by atoms with Crippen LogP contribution in [0.2, 0.25) is 0 Å². The van der Waals surface area contributed by atoms with Crippen molar-refractivity contribution >= 4 is 17.6 Å². The van der Waals surface area contributed by atoms with Crippen LogP contribution < -0.4 is 4.90 Å². The fraction of sp³-hybridized carbons (Fsp3) is 0.333. The van der Waals surface area contributed by atoms with Crippen LogP contribution in [0.4, 0.5) is 5.69 Å². The number of anilines is 1. The zero-order valence-corrected chi connectivity index (χ0v) is 16.3. The zero-order valence-electron chi connectivity index (χ0n) is 16.3. The summed E-state index contributed by atoms with van der Waals surface area (Å²) in [5.74, 6) is -1.57. The van der Waals surface area contributed by atoms with Crippen LogP contribution in [0.5, 0.6) is 0 Å². The topological polar surface area (TPSA) is 55.8 Å². The normalized spacial score (nSPS) is 29.3. The molecule has 0 aromatic heterocycles. The van der Waals surface area contributed by atoms with Crippen molar-refractivity contribution < 1.29 is 19.1 Å². The minimum absolute atomic E-state index is 0.0669. The van der Waals surface area contributed by atoms with Crippen molar-refractivity contribution in [1.82, 2.24) is 0 Å². The van der Waals surface area contributed by atoms with E-state index in [-0.39, 0.29) is 18.5 Å². The third-order valence-corrected chi connectivity index (χ3v) is 6.25. The second-order valence-electron chi connectivity index (χ2n) is 7.94. The number of fused-ring (bicyclic) bond motifs is 1. The number of hydrogen-bond donors (Lipinski definition) is 0. The summed E-state index contributed by atoms with van der Waals surface area (Å²) < 4.78 is 11.7. The van der Waals surface area contributed by atoms with Gasteiger partial charge in [-0.2, -0.15) is 0 Å². The molecule has 2 saturated heterocycles. The molecule has 5 nitrogen and oxygen atoms in total. The van der Waals surface area contributed by atoms with Gasteiger partial charge in [-0.15, -0.1) is 0 Å². The molecule has 3 aliphatic heterocycles. The van der Waals surface area contributed by atoms with Crippen LogP contribution in [0.1, 0.15) is 18.1 Å². The van der Waals surface area contributed by atoms with Crippen molar-refractivity contribution in [3.8, 4) is 0 Å². The van der Waals surface area contributed by atoms with Gasteiger partial charge in [-0.25, -0.2) is 0 Å². The molecular weight excluding hydrogens is 366 g/mol. The van der Waals surface area contributed by atoms with Crippen molar-refractivity contribution in [2.45, 2.75) is 31.7 Å². The lowest BCUT2D eigenvalue weighted by molar-refractivity contribution is -0.153. The van der Waals surface area contributed by atoms with Gasteiger partial charge in [-0.05, 0) is 29.7 Å². The number of carbonyl (C=O) groups is 2. The molecule has 4 atom stereocenters. The Balaban J connectivity index is 1.37. The predicted octanol–water partition coefficient (Wildman–Crippen LogP) is 3.28. The summed E-state index contributed by atoms with van der Waals surface area (Å²) in [7, 11) is 0. The van der Waals surface area contributed by atoms with E-state index in [1.807, 2.05) is 66.7 Å². The van der Waals surface area contributed by atoms with Crippen molar-refractivity contribution in [3.05, 3.63) is 77.9 Å². The Kier molecular flexibility index (Phi) is 4.28. The van der Waals surface area contributed by atoms with Crippen molar-refractivity contribution in [3.63, 3.8) is 0 Å². The summed E-state index contributed by atoms with van der Waals surface area (Å²) in [5.41, 5.74) is 2.25. The quantitative estimate of drug-likeness (QED) is 0.582. The van der Waals surface area contributed by atoms with Crippen LogP contribution >= 0.6 is 0 Å². The Morgan fingerprint density at radius 3 is 2.62 bits per heavy atom. The largest absolute Gasteiger partial charge is 0.460 e. The molecule has 3 heterocycles. The Bertz CT molecular complexity index is 968. The van der Waals surface area contributed by atoms with Gasteiger partial charge in [0.05, 0.1) is 18.6 Å². The van der Waals surface area contributed by atoms with Crippen molar-refractivity contribution in [2.75, 3.05) is 11.4 Å². The highest BCUT2D eigenvalue weighted by Crippen LogP contribution is 2.52. The SMILES string of the molecule is CCc1ccc(N2C[C@@]34C=C[C@H](O3)[C@@H](C(=O)OCc3ccccc3)[C@@H]4C2=O)cc1. The average molecular weight is 389 g/mol. The molecule has 0 aliphatic carbocycles. The maximum atomic E-state index is 13.3. The Hall–Kier alpha value is -2.92. The van der Waals surface area contributed by atoms with Gasteiger partial charge < -0.3 is 14.4 Å². The molecule has 2 fully saturated rings. The second kappa shape index (κ2) is 6.85.